The Balaban J connectivity index is 1.35. The zero-order valence-corrected chi connectivity index (χ0v) is 31.3. The van der Waals surface area contributed by atoms with Crippen LogP contribution in [0.1, 0.15) is 97.6 Å². The molecule has 3 heterocycles. The van der Waals surface area contributed by atoms with E-state index in [4.69, 9.17) is 23.7 Å². The second-order valence-corrected chi connectivity index (χ2v) is 15.4. The standard InChI is InChI=1S/C38H54N4O10/c1-8-10-11-12-13-14-28(39-35(46)52-37(5,6)7)33(44)42-20-25(17-29(42)32(43)40-38(34(45)48-9-2)18-27(38)23(3)4)51-36(47)41-19-24-15-16-30-31(26(24)21-41)50-22-49-30/h8,15-16,23,25,27-29H,1,9-14,17-22H2,2-7H3,(H,39,46)(H,40,43)/t25-,27+,28+,29+,38-/m1/s1. The summed E-state index contributed by atoms with van der Waals surface area (Å²) in [5, 5.41) is 5.68. The first-order valence-corrected chi connectivity index (χ1v) is 18.4. The van der Waals surface area contributed by atoms with Crippen molar-refractivity contribution < 1.29 is 47.7 Å². The molecule has 5 rings (SSSR count). The number of likely N-dealkylation sites (tertiary alicyclic amines) is 1. The molecule has 2 fully saturated rings. The number of ether oxygens (including phenoxy) is 5. The molecule has 14 heteroatoms. The summed E-state index contributed by atoms with van der Waals surface area (Å²) in [7, 11) is 0. The molecule has 5 atom stereocenters. The number of allylic oxidation sites excluding steroid dienone is 1. The van der Waals surface area contributed by atoms with Crippen LogP contribution in [0.4, 0.5) is 9.59 Å². The largest absolute Gasteiger partial charge is 0.464 e. The van der Waals surface area contributed by atoms with Gasteiger partial charge >= 0.3 is 18.2 Å². The summed E-state index contributed by atoms with van der Waals surface area (Å²) in [6.45, 7) is 15.4. The summed E-state index contributed by atoms with van der Waals surface area (Å²) in [4.78, 5) is 71.2. The molecule has 1 saturated heterocycles. The molecule has 1 saturated carbocycles. The minimum Gasteiger partial charge on any atom is -0.464 e. The third kappa shape index (κ3) is 8.75. The number of nitrogens with one attached hydrogen (secondary N) is 2. The van der Waals surface area contributed by atoms with Crippen molar-refractivity contribution in [1.82, 2.24) is 20.4 Å². The fourth-order valence-electron chi connectivity index (χ4n) is 7.37. The number of benzene rings is 1. The second kappa shape index (κ2) is 16.0. The maximum atomic E-state index is 14.4. The van der Waals surface area contributed by atoms with Crippen LogP contribution in [-0.4, -0.2) is 89.0 Å². The highest BCUT2D eigenvalue weighted by Crippen LogP contribution is 2.49. The van der Waals surface area contributed by atoms with Gasteiger partial charge in [-0.15, -0.1) is 6.58 Å². The van der Waals surface area contributed by atoms with Crippen molar-refractivity contribution in [2.24, 2.45) is 11.8 Å². The molecule has 0 bridgehead atoms. The van der Waals surface area contributed by atoms with Crippen molar-refractivity contribution in [3.8, 4) is 11.5 Å². The van der Waals surface area contributed by atoms with Crippen LogP contribution in [0.25, 0.3) is 0 Å². The van der Waals surface area contributed by atoms with Crippen molar-refractivity contribution in [2.75, 3.05) is 19.9 Å². The van der Waals surface area contributed by atoms with Crippen LogP contribution in [0.5, 0.6) is 11.5 Å². The minimum absolute atomic E-state index is 0.000192. The number of carbonyl (C=O) groups is 5. The maximum absolute atomic E-state index is 14.4. The van der Waals surface area contributed by atoms with E-state index in [9.17, 15) is 24.0 Å². The highest BCUT2D eigenvalue weighted by Gasteiger charge is 2.64. The number of hydrogen-bond donors (Lipinski definition) is 2. The van der Waals surface area contributed by atoms with Gasteiger partial charge < -0.3 is 39.2 Å². The van der Waals surface area contributed by atoms with Gasteiger partial charge in [0, 0.05) is 18.5 Å². The molecule has 14 nitrogen and oxygen atoms in total. The van der Waals surface area contributed by atoms with E-state index in [1.807, 2.05) is 32.1 Å². The van der Waals surface area contributed by atoms with Crippen LogP contribution < -0.4 is 20.1 Å². The molecule has 3 aliphatic heterocycles. The van der Waals surface area contributed by atoms with Gasteiger partial charge in [-0.3, -0.25) is 14.5 Å². The lowest BCUT2D eigenvalue weighted by atomic mass is 10.0. The topological polar surface area (TPSA) is 162 Å². The zero-order valence-electron chi connectivity index (χ0n) is 31.3. The fourth-order valence-corrected chi connectivity index (χ4v) is 7.37. The van der Waals surface area contributed by atoms with Gasteiger partial charge in [0.2, 0.25) is 18.6 Å². The lowest BCUT2D eigenvalue weighted by molar-refractivity contribution is -0.150. The van der Waals surface area contributed by atoms with Crippen LogP contribution >= 0.6 is 0 Å². The number of hydrogen-bond acceptors (Lipinski definition) is 10. The lowest BCUT2D eigenvalue weighted by Crippen LogP contribution is -2.57. The molecular weight excluding hydrogens is 672 g/mol. The van der Waals surface area contributed by atoms with E-state index < -0.39 is 59.3 Å². The molecule has 0 aromatic heterocycles. The molecular formula is C38H54N4O10. The molecule has 1 aliphatic carbocycles. The van der Waals surface area contributed by atoms with Crippen molar-refractivity contribution in [3.05, 3.63) is 35.9 Å². The van der Waals surface area contributed by atoms with Crippen molar-refractivity contribution >= 4 is 30.0 Å². The molecule has 0 unspecified atom stereocenters. The number of carbonyl (C=O) groups excluding carboxylic acids is 5. The van der Waals surface area contributed by atoms with Gasteiger partial charge in [-0.05, 0) is 76.8 Å². The Kier molecular flexibility index (Phi) is 11.9. The number of unbranched alkanes of at least 4 members (excludes halogenated alkanes) is 3. The average molecular weight is 727 g/mol. The molecule has 4 aliphatic rings. The SMILES string of the molecule is C=CCCCCC[C@H](NC(=O)OC(C)(C)C)C(=O)N1C[C@H](OC(=O)N2Cc3ccc4c(c3C2)OCO4)C[C@H]1C(=O)N[C@]1(C(=O)OCC)C[C@H]1C(C)C. The van der Waals surface area contributed by atoms with Crippen molar-refractivity contribution in [3.63, 3.8) is 0 Å². The smallest absolute Gasteiger partial charge is 0.410 e. The molecule has 4 amide bonds. The minimum atomic E-state index is -1.21. The number of alkyl carbamates (subject to hydrolysis) is 1. The Labute approximate surface area is 305 Å². The van der Waals surface area contributed by atoms with Gasteiger partial charge in [-0.2, -0.15) is 0 Å². The summed E-state index contributed by atoms with van der Waals surface area (Å²) < 4.78 is 28.0. The quantitative estimate of drug-likeness (QED) is 0.116. The lowest BCUT2D eigenvalue weighted by Gasteiger charge is -2.30. The molecule has 1 aromatic carbocycles. The van der Waals surface area contributed by atoms with E-state index in [0.717, 1.165) is 30.4 Å². The van der Waals surface area contributed by atoms with Gasteiger partial charge in [-0.25, -0.2) is 14.4 Å². The Hall–Kier alpha value is -4.49. The third-order valence-corrected chi connectivity index (χ3v) is 10.0. The van der Waals surface area contributed by atoms with Crippen molar-refractivity contribution in [1.29, 1.82) is 0 Å². The Morgan fingerprint density at radius 2 is 1.87 bits per heavy atom. The summed E-state index contributed by atoms with van der Waals surface area (Å²) in [6, 6.07) is 1.61. The van der Waals surface area contributed by atoms with E-state index in [1.165, 1.54) is 9.80 Å². The first-order chi connectivity index (χ1) is 24.7. The van der Waals surface area contributed by atoms with Gasteiger partial charge in [0.25, 0.3) is 0 Å². The molecule has 52 heavy (non-hydrogen) atoms. The normalized spacial score (nSPS) is 23.5. The van der Waals surface area contributed by atoms with E-state index in [-0.39, 0.29) is 44.7 Å². The predicted molar refractivity (Wildman–Crippen MR) is 189 cm³/mol. The molecule has 1 aromatic rings. The van der Waals surface area contributed by atoms with Crippen LogP contribution in [0.15, 0.2) is 24.8 Å². The van der Waals surface area contributed by atoms with E-state index in [0.29, 0.717) is 37.3 Å². The third-order valence-electron chi connectivity index (χ3n) is 10.0. The number of esters is 1. The van der Waals surface area contributed by atoms with Crippen LogP contribution in [0, 0.1) is 11.8 Å². The van der Waals surface area contributed by atoms with E-state index >= 15 is 0 Å². The highest BCUT2D eigenvalue weighted by atomic mass is 16.7. The summed E-state index contributed by atoms with van der Waals surface area (Å²) in [5.41, 5.74) is -0.245. The zero-order chi connectivity index (χ0) is 37.8. The molecule has 286 valence electrons. The Morgan fingerprint density at radius 1 is 1.10 bits per heavy atom. The molecule has 2 N–H and O–H groups in total. The van der Waals surface area contributed by atoms with Gasteiger partial charge in [0.15, 0.2) is 11.5 Å². The van der Waals surface area contributed by atoms with Gasteiger partial charge in [-0.1, -0.05) is 38.8 Å². The molecule has 0 radical (unpaired) electrons. The first kappa shape index (κ1) is 38.7. The first-order valence-electron chi connectivity index (χ1n) is 18.4. The van der Waals surface area contributed by atoms with Crippen LogP contribution in [0.2, 0.25) is 0 Å². The number of nitrogens with zero attached hydrogens (tertiary/aromatic N) is 2. The van der Waals surface area contributed by atoms with Gasteiger partial charge in [0.1, 0.15) is 29.3 Å². The predicted octanol–water partition coefficient (Wildman–Crippen LogP) is 4.96. The Morgan fingerprint density at radius 3 is 2.54 bits per heavy atom. The number of amides is 4. The van der Waals surface area contributed by atoms with Gasteiger partial charge in [0.05, 0.1) is 19.7 Å². The average Bonchev–Trinajstić information content (AvgIpc) is 3.42. The maximum Gasteiger partial charge on any atom is 0.410 e. The highest BCUT2D eigenvalue weighted by molar-refractivity contribution is 5.96. The number of rotatable bonds is 14. The van der Waals surface area contributed by atoms with Crippen LogP contribution in [0.3, 0.4) is 0 Å². The van der Waals surface area contributed by atoms with E-state index in [1.54, 1.807) is 27.7 Å². The Bertz CT molecular complexity index is 1540. The fraction of sp³-hybridized carbons (Fsp3) is 0.658. The van der Waals surface area contributed by atoms with Crippen LogP contribution in [-0.2, 0) is 41.7 Å². The monoisotopic (exact) mass is 726 g/mol. The van der Waals surface area contributed by atoms with Crippen molar-refractivity contribution in [2.45, 2.75) is 129 Å². The van der Waals surface area contributed by atoms with E-state index in [2.05, 4.69) is 17.2 Å². The summed E-state index contributed by atoms with van der Waals surface area (Å²) >= 11 is 0. The summed E-state index contributed by atoms with van der Waals surface area (Å²) in [6.07, 6.45) is 3.47. The molecule has 0 spiro atoms. The summed E-state index contributed by atoms with van der Waals surface area (Å²) in [5.74, 6) is -0.378. The second-order valence-electron chi connectivity index (χ2n) is 15.4. The number of fused-ring (bicyclic) bond motifs is 3.